The van der Waals surface area contributed by atoms with Crippen LogP contribution in [0.25, 0.3) is 0 Å². The molecule has 0 aromatic carbocycles. The maximum Gasteiger partial charge on any atom is 0.237 e. The molecule has 1 amide bonds. The van der Waals surface area contributed by atoms with Gasteiger partial charge in [-0.2, -0.15) is 0 Å². The van der Waals surface area contributed by atoms with Gasteiger partial charge < -0.3 is 15.8 Å². The lowest BCUT2D eigenvalue weighted by molar-refractivity contribution is -0.125. The number of nitrogens with one attached hydrogen (secondary N) is 1. The molecule has 0 aliphatic carbocycles. The summed E-state index contributed by atoms with van der Waals surface area (Å²) in [6.45, 7) is 5.05. The van der Waals surface area contributed by atoms with E-state index in [1.54, 1.807) is 7.11 Å². The normalized spacial score (nSPS) is 23.3. The smallest absolute Gasteiger partial charge is 0.237 e. The summed E-state index contributed by atoms with van der Waals surface area (Å²) in [6.07, 6.45) is 1.84. The summed E-state index contributed by atoms with van der Waals surface area (Å²) in [5.41, 5.74) is 5.81. The number of ether oxygens (including phenoxy) is 1. The van der Waals surface area contributed by atoms with E-state index in [0.717, 1.165) is 25.9 Å². The molecule has 1 aliphatic heterocycles. The first-order chi connectivity index (χ1) is 7.65. The Kier molecular flexibility index (Phi) is 5.73. The lowest BCUT2D eigenvalue weighted by Gasteiger charge is -2.23. The summed E-state index contributed by atoms with van der Waals surface area (Å²) in [6, 6.07) is 0.153. The van der Waals surface area contributed by atoms with Gasteiger partial charge in [0.05, 0.1) is 6.04 Å². The summed E-state index contributed by atoms with van der Waals surface area (Å²) < 4.78 is 4.92. The van der Waals surface area contributed by atoms with Gasteiger partial charge in [-0.05, 0) is 19.8 Å². The molecule has 0 spiro atoms. The van der Waals surface area contributed by atoms with Crippen LogP contribution in [0.2, 0.25) is 0 Å². The van der Waals surface area contributed by atoms with Crippen LogP contribution >= 0.6 is 0 Å². The third-order valence-corrected chi connectivity index (χ3v) is 3.01. The molecular formula is C11H23N3O2. The van der Waals surface area contributed by atoms with Crippen molar-refractivity contribution < 1.29 is 9.53 Å². The SMILES string of the molecule is COCCCNC(=O)C(C)N1CC[C@H](N)C1. The average Bonchev–Trinajstić information content (AvgIpc) is 2.70. The van der Waals surface area contributed by atoms with E-state index in [-0.39, 0.29) is 18.0 Å². The van der Waals surface area contributed by atoms with Gasteiger partial charge in [-0.25, -0.2) is 0 Å². The van der Waals surface area contributed by atoms with Crippen LogP contribution in [0.1, 0.15) is 19.8 Å². The van der Waals surface area contributed by atoms with Crippen molar-refractivity contribution in [1.82, 2.24) is 10.2 Å². The number of carbonyl (C=O) groups excluding carboxylic acids is 1. The van der Waals surface area contributed by atoms with Gasteiger partial charge in [0.2, 0.25) is 5.91 Å². The Hall–Kier alpha value is -0.650. The van der Waals surface area contributed by atoms with Crippen molar-refractivity contribution in [1.29, 1.82) is 0 Å². The number of methoxy groups -OCH3 is 1. The van der Waals surface area contributed by atoms with Gasteiger partial charge in [-0.3, -0.25) is 9.69 Å². The van der Waals surface area contributed by atoms with Gasteiger partial charge in [0.1, 0.15) is 0 Å². The van der Waals surface area contributed by atoms with Crippen LogP contribution in [0.5, 0.6) is 0 Å². The van der Waals surface area contributed by atoms with E-state index >= 15 is 0 Å². The van der Waals surface area contributed by atoms with Crippen molar-refractivity contribution in [2.75, 3.05) is 33.4 Å². The zero-order valence-electron chi connectivity index (χ0n) is 10.2. The quantitative estimate of drug-likeness (QED) is 0.606. The zero-order chi connectivity index (χ0) is 12.0. The summed E-state index contributed by atoms with van der Waals surface area (Å²) in [4.78, 5) is 13.9. The summed E-state index contributed by atoms with van der Waals surface area (Å²) in [7, 11) is 1.66. The van der Waals surface area contributed by atoms with Crippen LogP contribution in [0, 0.1) is 0 Å². The highest BCUT2D eigenvalue weighted by atomic mass is 16.5. The molecule has 0 saturated carbocycles. The molecule has 1 saturated heterocycles. The Bertz CT molecular complexity index is 223. The molecule has 2 atom stereocenters. The largest absolute Gasteiger partial charge is 0.385 e. The Morgan fingerprint density at radius 2 is 2.44 bits per heavy atom. The molecule has 94 valence electrons. The van der Waals surface area contributed by atoms with Crippen LogP contribution in [0.15, 0.2) is 0 Å². The van der Waals surface area contributed by atoms with Crippen LogP contribution < -0.4 is 11.1 Å². The minimum Gasteiger partial charge on any atom is -0.385 e. The van der Waals surface area contributed by atoms with Crippen molar-refractivity contribution >= 4 is 5.91 Å². The van der Waals surface area contributed by atoms with E-state index in [1.165, 1.54) is 0 Å². The molecule has 0 bridgehead atoms. The van der Waals surface area contributed by atoms with Gasteiger partial charge >= 0.3 is 0 Å². The fourth-order valence-corrected chi connectivity index (χ4v) is 1.91. The number of amides is 1. The maximum absolute atomic E-state index is 11.8. The van der Waals surface area contributed by atoms with E-state index in [0.29, 0.717) is 13.2 Å². The molecule has 1 unspecified atom stereocenters. The first kappa shape index (κ1) is 13.4. The van der Waals surface area contributed by atoms with Gasteiger partial charge in [0.25, 0.3) is 0 Å². The number of nitrogens with two attached hydrogens (primary N) is 1. The summed E-state index contributed by atoms with van der Waals surface area (Å²) in [5, 5.41) is 2.91. The zero-order valence-corrected chi connectivity index (χ0v) is 10.2. The second-order valence-electron chi connectivity index (χ2n) is 4.36. The number of rotatable bonds is 6. The molecule has 5 nitrogen and oxygen atoms in total. The molecule has 3 N–H and O–H groups in total. The molecule has 0 aromatic rings. The Balaban J connectivity index is 2.20. The van der Waals surface area contributed by atoms with E-state index in [9.17, 15) is 4.79 Å². The summed E-state index contributed by atoms with van der Waals surface area (Å²) in [5.74, 6) is 0.0882. The maximum atomic E-state index is 11.8. The number of carbonyl (C=O) groups is 1. The van der Waals surface area contributed by atoms with Crippen LogP contribution in [-0.4, -0.2) is 56.2 Å². The lowest BCUT2D eigenvalue weighted by atomic mass is 10.2. The molecule has 16 heavy (non-hydrogen) atoms. The molecule has 1 rings (SSSR count). The Labute approximate surface area is 97.3 Å². The van der Waals surface area contributed by atoms with E-state index in [4.69, 9.17) is 10.5 Å². The monoisotopic (exact) mass is 229 g/mol. The van der Waals surface area contributed by atoms with Gasteiger partial charge in [-0.15, -0.1) is 0 Å². The molecule has 1 aliphatic rings. The highest BCUT2D eigenvalue weighted by Crippen LogP contribution is 2.10. The van der Waals surface area contributed by atoms with E-state index in [2.05, 4.69) is 10.2 Å². The van der Waals surface area contributed by atoms with Crippen molar-refractivity contribution in [2.24, 2.45) is 5.73 Å². The molecule has 0 aromatic heterocycles. The number of hydrogen-bond acceptors (Lipinski definition) is 4. The van der Waals surface area contributed by atoms with Crippen molar-refractivity contribution in [3.63, 3.8) is 0 Å². The highest BCUT2D eigenvalue weighted by Gasteiger charge is 2.27. The van der Waals surface area contributed by atoms with Crippen LogP contribution in [0.3, 0.4) is 0 Å². The fraction of sp³-hybridized carbons (Fsp3) is 0.909. The van der Waals surface area contributed by atoms with Crippen molar-refractivity contribution in [3.8, 4) is 0 Å². The average molecular weight is 229 g/mol. The van der Waals surface area contributed by atoms with Crippen molar-refractivity contribution in [3.05, 3.63) is 0 Å². The molecule has 1 fully saturated rings. The van der Waals surface area contributed by atoms with Gasteiger partial charge in [-0.1, -0.05) is 0 Å². The Morgan fingerprint density at radius 1 is 1.69 bits per heavy atom. The predicted octanol–water partition coefficient (Wildman–Crippen LogP) is -0.439. The first-order valence-corrected chi connectivity index (χ1v) is 5.91. The number of hydrogen-bond donors (Lipinski definition) is 2. The second kappa shape index (κ2) is 6.83. The minimum absolute atomic E-state index is 0.0731. The molecule has 1 heterocycles. The van der Waals surface area contributed by atoms with Gasteiger partial charge in [0.15, 0.2) is 0 Å². The Morgan fingerprint density at radius 3 is 3.00 bits per heavy atom. The minimum atomic E-state index is -0.0731. The third kappa shape index (κ3) is 4.08. The lowest BCUT2D eigenvalue weighted by Crippen LogP contribution is -2.45. The van der Waals surface area contributed by atoms with E-state index in [1.807, 2.05) is 6.92 Å². The van der Waals surface area contributed by atoms with Crippen molar-refractivity contribution in [2.45, 2.75) is 31.8 Å². The number of likely N-dealkylation sites (tertiary alicyclic amines) is 1. The van der Waals surface area contributed by atoms with E-state index < -0.39 is 0 Å². The standard InChI is InChI=1S/C11H23N3O2/c1-9(14-6-4-10(12)8-14)11(15)13-5-3-7-16-2/h9-10H,3-8,12H2,1-2H3,(H,13,15)/t9?,10-/m0/s1. The van der Waals surface area contributed by atoms with Gasteiger partial charge in [0, 0.05) is 39.4 Å². The molecule has 5 heteroatoms. The van der Waals surface area contributed by atoms with Crippen LogP contribution in [-0.2, 0) is 9.53 Å². The third-order valence-electron chi connectivity index (χ3n) is 3.01. The second-order valence-corrected chi connectivity index (χ2v) is 4.36. The molecular weight excluding hydrogens is 206 g/mol. The number of nitrogens with zero attached hydrogens (tertiary/aromatic N) is 1. The fourth-order valence-electron chi connectivity index (χ4n) is 1.91. The van der Waals surface area contributed by atoms with Crippen LogP contribution in [0.4, 0.5) is 0 Å². The summed E-state index contributed by atoms with van der Waals surface area (Å²) >= 11 is 0. The predicted molar refractivity (Wildman–Crippen MR) is 63.1 cm³/mol. The molecule has 0 radical (unpaired) electrons. The first-order valence-electron chi connectivity index (χ1n) is 5.91. The highest BCUT2D eigenvalue weighted by molar-refractivity contribution is 5.81. The topological polar surface area (TPSA) is 67.6 Å².